The fourth-order valence-corrected chi connectivity index (χ4v) is 2.29. The number of piperidine rings is 1. The summed E-state index contributed by atoms with van der Waals surface area (Å²) in [4.78, 5) is 13.3. The molecule has 0 bridgehead atoms. The molecule has 11 heavy (non-hydrogen) atoms. The molecule has 0 aromatic heterocycles. The van der Waals surface area contributed by atoms with E-state index in [9.17, 15) is 4.79 Å². The van der Waals surface area contributed by atoms with Crippen LogP contribution in [0.1, 0.15) is 32.6 Å². The number of carbonyl (C=O) groups excluding carboxylic acids is 1. The first-order valence-electron chi connectivity index (χ1n) is 4.57. The SMILES string of the molecule is C[C@H]1CCN2C(=O)CC[C@H]2C1. The number of amides is 1. The van der Waals surface area contributed by atoms with Gasteiger partial charge in [-0.05, 0) is 25.2 Å². The quantitative estimate of drug-likeness (QED) is 0.515. The third-order valence-electron chi connectivity index (χ3n) is 2.99. The zero-order valence-electron chi connectivity index (χ0n) is 7.05. The second kappa shape index (κ2) is 2.50. The molecule has 2 heterocycles. The average Bonchev–Trinajstić information content (AvgIpc) is 2.32. The topological polar surface area (TPSA) is 20.3 Å². The Labute approximate surface area is 67.6 Å². The van der Waals surface area contributed by atoms with Crippen LogP contribution in [0.15, 0.2) is 0 Å². The van der Waals surface area contributed by atoms with Gasteiger partial charge in [-0.1, -0.05) is 6.92 Å². The van der Waals surface area contributed by atoms with Crippen molar-refractivity contribution in [1.82, 2.24) is 4.90 Å². The minimum atomic E-state index is 0.391. The van der Waals surface area contributed by atoms with E-state index in [0.717, 1.165) is 25.3 Å². The fourth-order valence-electron chi connectivity index (χ4n) is 2.29. The molecule has 2 heteroatoms. The summed E-state index contributed by atoms with van der Waals surface area (Å²) in [6, 6.07) is 0.603. The van der Waals surface area contributed by atoms with E-state index in [1.165, 1.54) is 12.8 Å². The van der Waals surface area contributed by atoms with Gasteiger partial charge in [0.05, 0.1) is 0 Å². The van der Waals surface area contributed by atoms with E-state index in [4.69, 9.17) is 0 Å². The predicted molar refractivity (Wildman–Crippen MR) is 43.1 cm³/mol. The molecule has 2 nitrogen and oxygen atoms in total. The first kappa shape index (κ1) is 7.14. The number of carbonyl (C=O) groups is 1. The highest BCUT2D eigenvalue weighted by atomic mass is 16.2. The van der Waals surface area contributed by atoms with Crippen molar-refractivity contribution >= 4 is 5.91 Å². The third kappa shape index (κ3) is 1.15. The van der Waals surface area contributed by atoms with Crippen LogP contribution in [0.2, 0.25) is 0 Å². The summed E-state index contributed by atoms with van der Waals surface area (Å²) < 4.78 is 0. The van der Waals surface area contributed by atoms with Crippen molar-refractivity contribution in [3.63, 3.8) is 0 Å². The van der Waals surface area contributed by atoms with E-state index in [0.29, 0.717) is 11.9 Å². The summed E-state index contributed by atoms with van der Waals surface area (Å²) in [6.07, 6.45) is 4.37. The Morgan fingerprint density at radius 3 is 3.09 bits per heavy atom. The van der Waals surface area contributed by atoms with Crippen LogP contribution in [-0.2, 0) is 4.79 Å². The van der Waals surface area contributed by atoms with Crippen LogP contribution in [0.25, 0.3) is 0 Å². The maximum absolute atomic E-state index is 11.2. The number of fused-ring (bicyclic) bond motifs is 1. The highest BCUT2D eigenvalue weighted by Gasteiger charge is 2.34. The average molecular weight is 153 g/mol. The lowest BCUT2D eigenvalue weighted by molar-refractivity contribution is -0.130. The van der Waals surface area contributed by atoms with Gasteiger partial charge in [-0.3, -0.25) is 4.79 Å². The van der Waals surface area contributed by atoms with Gasteiger partial charge in [0.2, 0.25) is 5.91 Å². The molecule has 62 valence electrons. The molecule has 2 fully saturated rings. The maximum atomic E-state index is 11.2. The number of hydrogen-bond acceptors (Lipinski definition) is 1. The Hall–Kier alpha value is -0.530. The van der Waals surface area contributed by atoms with Gasteiger partial charge in [0, 0.05) is 19.0 Å². The summed E-state index contributed by atoms with van der Waals surface area (Å²) in [5, 5.41) is 0. The van der Waals surface area contributed by atoms with Crippen molar-refractivity contribution in [2.75, 3.05) is 6.54 Å². The summed E-state index contributed by atoms with van der Waals surface area (Å²) in [7, 11) is 0. The summed E-state index contributed by atoms with van der Waals surface area (Å²) >= 11 is 0. The van der Waals surface area contributed by atoms with Crippen molar-refractivity contribution in [2.24, 2.45) is 5.92 Å². The van der Waals surface area contributed by atoms with Crippen LogP contribution < -0.4 is 0 Å². The normalized spacial score (nSPS) is 37.5. The molecular formula is C9H15NO. The molecule has 0 radical (unpaired) electrons. The Morgan fingerprint density at radius 2 is 2.27 bits per heavy atom. The lowest BCUT2D eigenvalue weighted by Crippen LogP contribution is -2.39. The minimum Gasteiger partial charge on any atom is -0.340 e. The van der Waals surface area contributed by atoms with Crippen molar-refractivity contribution < 1.29 is 4.79 Å². The molecule has 2 aliphatic rings. The summed E-state index contributed by atoms with van der Waals surface area (Å²) in [6.45, 7) is 3.31. The van der Waals surface area contributed by atoms with Crippen LogP contribution in [0.4, 0.5) is 0 Å². The fraction of sp³-hybridized carbons (Fsp3) is 0.889. The van der Waals surface area contributed by atoms with Crippen molar-refractivity contribution in [2.45, 2.75) is 38.6 Å². The molecule has 0 saturated carbocycles. The lowest BCUT2D eigenvalue weighted by atomic mass is 9.93. The van der Waals surface area contributed by atoms with E-state index >= 15 is 0 Å². The van der Waals surface area contributed by atoms with E-state index in [2.05, 4.69) is 11.8 Å². The molecule has 2 atom stereocenters. The number of nitrogens with zero attached hydrogens (tertiary/aromatic N) is 1. The van der Waals surface area contributed by atoms with Crippen LogP contribution in [0.3, 0.4) is 0 Å². The number of rotatable bonds is 0. The van der Waals surface area contributed by atoms with Crippen LogP contribution in [0.5, 0.6) is 0 Å². The van der Waals surface area contributed by atoms with E-state index in [-0.39, 0.29) is 0 Å². The monoisotopic (exact) mass is 153 g/mol. The van der Waals surface area contributed by atoms with Crippen LogP contribution >= 0.6 is 0 Å². The highest BCUT2D eigenvalue weighted by Crippen LogP contribution is 2.30. The molecule has 0 N–H and O–H groups in total. The van der Waals surface area contributed by atoms with Crippen LogP contribution in [-0.4, -0.2) is 23.4 Å². The van der Waals surface area contributed by atoms with Gasteiger partial charge in [-0.2, -0.15) is 0 Å². The molecule has 2 aliphatic heterocycles. The van der Waals surface area contributed by atoms with E-state index < -0.39 is 0 Å². The minimum absolute atomic E-state index is 0.391. The van der Waals surface area contributed by atoms with Gasteiger partial charge >= 0.3 is 0 Å². The molecule has 0 unspecified atom stereocenters. The van der Waals surface area contributed by atoms with Gasteiger partial charge < -0.3 is 4.90 Å². The van der Waals surface area contributed by atoms with Crippen molar-refractivity contribution in [3.8, 4) is 0 Å². The van der Waals surface area contributed by atoms with E-state index in [1.54, 1.807) is 0 Å². The van der Waals surface area contributed by atoms with Gasteiger partial charge in [0.15, 0.2) is 0 Å². The van der Waals surface area contributed by atoms with Gasteiger partial charge in [-0.15, -0.1) is 0 Å². The Balaban J connectivity index is 2.06. The molecule has 0 spiro atoms. The molecule has 0 aliphatic carbocycles. The standard InChI is InChI=1S/C9H15NO/c1-7-4-5-10-8(6-7)2-3-9(10)11/h7-8H,2-6H2,1H3/t7-,8-/m0/s1. The second-order valence-corrected chi connectivity index (χ2v) is 3.91. The smallest absolute Gasteiger partial charge is 0.222 e. The number of hydrogen-bond donors (Lipinski definition) is 0. The largest absolute Gasteiger partial charge is 0.340 e. The van der Waals surface area contributed by atoms with Crippen molar-refractivity contribution in [1.29, 1.82) is 0 Å². The summed E-state index contributed by atoms with van der Waals surface area (Å²) in [5.74, 6) is 1.23. The molecular weight excluding hydrogens is 138 g/mol. The molecule has 2 rings (SSSR count). The zero-order valence-corrected chi connectivity index (χ0v) is 7.05. The van der Waals surface area contributed by atoms with Crippen LogP contribution in [0, 0.1) is 5.92 Å². The first-order chi connectivity index (χ1) is 5.27. The first-order valence-corrected chi connectivity index (χ1v) is 4.57. The summed E-state index contributed by atoms with van der Waals surface area (Å²) in [5.41, 5.74) is 0. The third-order valence-corrected chi connectivity index (χ3v) is 2.99. The second-order valence-electron chi connectivity index (χ2n) is 3.91. The van der Waals surface area contributed by atoms with E-state index in [1.807, 2.05) is 0 Å². The molecule has 1 amide bonds. The Kier molecular flexibility index (Phi) is 1.63. The Morgan fingerprint density at radius 1 is 1.45 bits per heavy atom. The highest BCUT2D eigenvalue weighted by molar-refractivity contribution is 5.78. The Bertz CT molecular complexity index is 178. The molecule has 2 saturated heterocycles. The zero-order chi connectivity index (χ0) is 7.84. The maximum Gasteiger partial charge on any atom is 0.222 e. The van der Waals surface area contributed by atoms with Gasteiger partial charge in [0.1, 0.15) is 0 Å². The van der Waals surface area contributed by atoms with Gasteiger partial charge in [0.25, 0.3) is 0 Å². The predicted octanol–water partition coefficient (Wildman–Crippen LogP) is 1.41. The van der Waals surface area contributed by atoms with Gasteiger partial charge in [-0.25, -0.2) is 0 Å². The molecule has 0 aromatic rings. The lowest BCUT2D eigenvalue weighted by Gasteiger charge is -2.33. The van der Waals surface area contributed by atoms with Crippen molar-refractivity contribution in [3.05, 3.63) is 0 Å². The molecule has 0 aromatic carbocycles.